The van der Waals surface area contributed by atoms with Gasteiger partial charge in [-0.3, -0.25) is 15.0 Å². The van der Waals surface area contributed by atoms with E-state index in [1.165, 1.54) is 4.90 Å². The molecule has 0 aliphatic carbocycles. The minimum atomic E-state index is -4.59. The van der Waals surface area contributed by atoms with Crippen molar-refractivity contribution in [3.8, 4) is 0 Å². The molecular weight excluding hydrogens is 411 g/mol. The fraction of sp³-hybridized carbons (Fsp3) is 0.750. The van der Waals surface area contributed by atoms with E-state index in [4.69, 9.17) is 0 Å². The molecule has 2 fully saturated rings. The molecular formula is C16H24F3N7O2S. The lowest BCUT2D eigenvalue weighted by atomic mass is 10.1. The summed E-state index contributed by atoms with van der Waals surface area (Å²) in [6, 6.07) is -0.455. The van der Waals surface area contributed by atoms with Crippen molar-refractivity contribution in [2.75, 3.05) is 51.1 Å². The molecule has 1 atom stereocenters. The smallest absolute Gasteiger partial charge is 0.338 e. The van der Waals surface area contributed by atoms with Crippen LogP contribution in [-0.4, -0.2) is 94.7 Å². The first-order valence-electron chi connectivity index (χ1n) is 9.38. The van der Waals surface area contributed by atoms with Crippen molar-refractivity contribution < 1.29 is 22.8 Å². The summed E-state index contributed by atoms with van der Waals surface area (Å²) in [7, 11) is 0. The van der Waals surface area contributed by atoms with Gasteiger partial charge in [0.1, 0.15) is 0 Å². The van der Waals surface area contributed by atoms with E-state index in [1.807, 2.05) is 0 Å². The van der Waals surface area contributed by atoms with Gasteiger partial charge >= 0.3 is 12.2 Å². The van der Waals surface area contributed by atoms with Crippen LogP contribution in [0.2, 0.25) is 0 Å². The van der Waals surface area contributed by atoms with Crippen LogP contribution < -0.4 is 10.6 Å². The molecule has 162 valence electrons. The zero-order chi connectivity index (χ0) is 21.2. The molecule has 0 saturated carbocycles. The molecule has 9 nitrogen and oxygen atoms in total. The Morgan fingerprint density at radius 1 is 1.14 bits per heavy atom. The van der Waals surface area contributed by atoms with E-state index < -0.39 is 17.2 Å². The van der Waals surface area contributed by atoms with Gasteiger partial charge in [0.2, 0.25) is 16.0 Å². The lowest BCUT2D eigenvalue weighted by molar-refractivity contribution is -0.138. The number of nitrogens with zero attached hydrogens (tertiary/aromatic N) is 5. The number of hydrogen-bond donors (Lipinski definition) is 2. The highest BCUT2D eigenvalue weighted by Crippen LogP contribution is 2.33. The van der Waals surface area contributed by atoms with Gasteiger partial charge in [0.25, 0.3) is 0 Å². The maximum absolute atomic E-state index is 12.8. The highest BCUT2D eigenvalue weighted by atomic mass is 32.1. The molecule has 29 heavy (non-hydrogen) atoms. The minimum absolute atomic E-state index is 0.00866. The molecule has 1 aromatic heterocycles. The van der Waals surface area contributed by atoms with Crippen LogP contribution in [0.1, 0.15) is 18.9 Å². The van der Waals surface area contributed by atoms with Crippen LogP contribution in [0.25, 0.3) is 0 Å². The molecule has 2 saturated heterocycles. The van der Waals surface area contributed by atoms with Crippen LogP contribution in [0.5, 0.6) is 0 Å². The Labute approximate surface area is 170 Å². The molecule has 3 rings (SSSR count). The van der Waals surface area contributed by atoms with Crippen molar-refractivity contribution in [2.45, 2.75) is 32.1 Å². The van der Waals surface area contributed by atoms with Crippen LogP contribution >= 0.6 is 11.3 Å². The first kappa shape index (κ1) is 21.7. The summed E-state index contributed by atoms with van der Waals surface area (Å²) < 4.78 is 37.7. The Kier molecular flexibility index (Phi) is 6.58. The first-order chi connectivity index (χ1) is 13.6. The Bertz CT molecular complexity index is 734. The summed E-state index contributed by atoms with van der Waals surface area (Å²) in [6.45, 7) is 7.82. The standard InChI is InChI=1S/C16H24F3N7O2S/c1-10(2)26-4-3-20-11(9-26)12(27)24-5-7-25(8-6-24)15(28)21-14-23-22-13(29-14)16(17,18)19/h10-11,20H,3-9H2,1-2H3,(H,21,23,28)/t11-/m1/s1. The van der Waals surface area contributed by atoms with Crippen LogP contribution in [0.3, 0.4) is 0 Å². The number of nitrogens with one attached hydrogen (secondary N) is 2. The van der Waals surface area contributed by atoms with Gasteiger partial charge < -0.3 is 15.1 Å². The summed E-state index contributed by atoms with van der Waals surface area (Å²) >= 11 is 0.276. The number of carbonyl (C=O) groups is 2. The van der Waals surface area contributed by atoms with E-state index in [0.717, 1.165) is 13.1 Å². The lowest BCUT2D eigenvalue weighted by Crippen LogP contribution is -2.61. The third kappa shape index (κ3) is 5.34. The van der Waals surface area contributed by atoms with Gasteiger partial charge in [0, 0.05) is 51.9 Å². The number of hydrogen-bond acceptors (Lipinski definition) is 7. The summed E-state index contributed by atoms with van der Waals surface area (Å²) in [6.07, 6.45) is -4.59. The van der Waals surface area contributed by atoms with Crippen molar-refractivity contribution >= 4 is 28.4 Å². The highest BCUT2D eigenvalue weighted by Gasteiger charge is 2.36. The second-order valence-electron chi connectivity index (χ2n) is 7.25. The summed E-state index contributed by atoms with van der Waals surface area (Å²) in [5.41, 5.74) is 0. The third-order valence-corrected chi connectivity index (χ3v) is 5.88. The molecule has 0 spiro atoms. The van der Waals surface area contributed by atoms with Crippen LogP contribution in [0.4, 0.5) is 23.1 Å². The van der Waals surface area contributed by atoms with Gasteiger partial charge in [-0.2, -0.15) is 13.2 Å². The van der Waals surface area contributed by atoms with Crippen molar-refractivity contribution in [1.82, 2.24) is 30.2 Å². The van der Waals surface area contributed by atoms with Gasteiger partial charge in [-0.15, -0.1) is 10.2 Å². The number of rotatable bonds is 3. The fourth-order valence-electron chi connectivity index (χ4n) is 3.32. The lowest BCUT2D eigenvalue weighted by Gasteiger charge is -2.40. The van der Waals surface area contributed by atoms with E-state index in [1.54, 1.807) is 4.90 Å². The molecule has 13 heteroatoms. The van der Waals surface area contributed by atoms with Gasteiger partial charge in [-0.05, 0) is 13.8 Å². The Morgan fingerprint density at radius 3 is 2.38 bits per heavy atom. The number of carbonyl (C=O) groups excluding carboxylic acids is 2. The first-order valence-corrected chi connectivity index (χ1v) is 10.2. The van der Waals surface area contributed by atoms with E-state index in [-0.39, 0.29) is 28.4 Å². The third-order valence-electron chi connectivity index (χ3n) is 5.00. The number of aromatic nitrogens is 2. The highest BCUT2D eigenvalue weighted by molar-refractivity contribution is 7.15. The number of urea groups is 1. The summed E-state index contributed by atoms with van der Waals surface area (Å²) in [5.74, 6) is 0.00866. The van der Waals surface area contributed by atoms with Crippen LogP contribution in [0, 0.1) is 0 Å². The molecule has 1 aromatic rings. The van der Waals surface area contributed by atoms with Gasteiger partial charge in [-0.1, -0.05) is 11.3 Å². The number of anilines is 1. The second kappa shape index (κ2) is 8.79. The van der Waals surface area contributed by atoms with Gasteiger partial charge in [0.05, 0.1) is 6.04 Å². The maximum Gasteiger partial charge on any atom is 0.445 e. The topological polar surface area (TPSA) is 93.7 Å². The summed E-state index contributed by atoms with van der Waals surface area (Å²) in [5, 5.41) is 10.7. The van der Waals surface area contributed by atoms with E-state index in [9.17, 15) is 22.8 Å². The predicted molar refractivity (Wildman–Crippen MR) is 101 cm³/mol. The molecule has 3 heterocycles. The maximum atomic E-state index is 12.8. The quantitative estimate of drug-likeness (QED) is 0.733. The number of halogens is 3. The SMILES string of the molecule is CC(C)N1CCN[C@@H](C(=O)N2CCN(C(=O)Nc3nnc(C(F)(F)F)s3)CC2)C1. The van der Waals surface area contributed by atoms with Crippen LogP contribution in [-0.2, 0) is 11.0 Å². The van der Waals surface area contributed by atoms with Crippen molar-refractivity contribution in [3.63, 3.8) is 0 Å². The normalized spacial score (nSPS) is 21.5. The zero-order valence-corrected chi connectivity index (χ0v) is 17.0. The molecule has 0 bridgehead atoms. The van der Waals surface area contributed by atoms with Crippen molar-refractivity contribution in [3.05, 3.63) is 5.01 Å². The fourth-order valence-corrected chi connectivity index (χ4v) is 3.92. The Morgan fingerprint density at radius 2 is 1.79 bits per heavy atom. The van der Waals surface area contributed by atoms with E-state index >= 15 is 0 Å². The molecule has 2 aliphatic heterocycles. The van der Waals surface area contributed by atoms with Crippen LogP contribution in [0.15, 0.2) is 0 Å². The molecule has 0 aromatic carbocycles. The summed E-state index contributed by atoms with van der Waals surface area (Å²) in [4.78, 5) is 30.5. The predicted octanol–water partition coefficient (Wildman–Crippen LogP) is 0.915. The van der Waals surface area contributed by atoms with Gasteiger partial charge in [-0.25, -0.2) is 4.79 Å². The average Bonchev–Trinajstić information content (AvgIpc) is 3.16. The van der Waals surface area contributed by atoms with Gasteiger partial charge in [0.15, 0.2) is 0 Å². The van der Waals surface area contributed by atoms with E-state index in [2.05, 4.69) is 39.6 Å². The average molecular weight is 435 g/mol. The molecule has 0 unspecified atom stereocenters. The second-order valence-corrected chi connectivity index (χ2v) is 8.23. The Hall–Kier alpha value is -1.99. The number of amides is 3. The minimum Gasteiger partial charge on any atom is -0.338 e. The molecule has 3 amide bonds. The largest absolute Gasteiger partial charge is 0.445 e. The Balaban J connectivity index is 1.49. The number of alkyl halides is 3. The molecule has 2 N–H and O–H groups in total. The van der Waals surface area contributed by atoms with Crippen molar-refractivity contribution in [2.24, 2.45) is 0 Å². The number of piperazine rings is 2. The molecule has 2 aliphatic rings. The molecule has 0 radical (unpaired) electrons. The van der Waals surface area contributed by atoms with Crippen molar-refractivity contribution in [1.29, 1.82) is 0 Å². The zero-order valence-electron chi connectivity index (χ0n) is 16.2. The van der Waals surface area contributed by atoms with E-state index in [0.29, 0.717) is 38.8 Å². The monoisotopic (exact) mass is 435 g/mol.